The van der Waals surface area contributed by atoms with Crippen molar-refractivity contribution in [3.8, 4) is 0 Å². The third-order valence-corrected chi connectivity index (χ3v) is 3.21. The molecule has 2 N–H and O–H groups in total. The van der Waals surface area contributed by atoms with Crippen molar-refractivity contribution in [1.82, 2.24) is 0 Å². The molecule has 0 saturated heterocycles. The molecule has 1 aliphatic carbocycles. The molecule has 1 aliphatic rings. The Morgan fingerprint density at radius 2 is 2.08 bits per heavy atom. The third-order valence-electron chi connectivity index (χ3n) is 3.21. The van der Waals surface area contributed by atoms with E-state index in [-0.39, 0.29) is 6.04 Å². The Bertz CT molecular complexity index is 147. The molecule has 0 bridgehead atoms. The van der Waals surface area contributed by atoms with E-state index in [1.807, 2.05) is 6.92 Å². The first-order valence-electron chi connectivity index (χ1n) is 5.52. The fourth-order valence-corrected chi connectivity index (χ4v) is 2.19. The Morgan fingerprint density at radius 1 is 1.38 bits per heavy atom. The molecule has 0 radical (unpaired) electrons. The van der Waals surface area contributed by atoms with E-state index in [1.165, 1.54) is 6.42 Å². The van der Waals surface area contributed by atoms with Gasteiger partial charge in [-0.3, -0.25) is 0 Å². The van der Waals surface area contributed by atoms with Gasteiger partial charge in [0.15, 0.2) is 0 Å². The number of nitrogens with two attached hydrogens (primary N) is 1. The molecule has 78 valence electrons. The van der Waals surface area contributed by atoms with Gasteiger partial charge in [-0.2, -0.15) is 0 Å². The van der Waals surface area contributed by atoms with Gasteiger partial charge in [0.05, 0.1) is 6.10 Å². The minimum absolute atomic E-state index is 0.273. The Hall–Kier alpha value is -0.0800. The summed E-state index contributed by atoms with van der Waals surface area (Å²) in [5, 5.41) is 0. The molecule has 2 nitrogen and oxygen atoms in total. The average molecular weight is 185 g/mol. The summed E-state index contributed by atoms with van der Waals surface area (Å²) < 4.78 is 5.65. The van der Waals surface area contributed by atoms with Crippen molar-refractivity contribution in [3.63, 3.8) is 0 Å². The molecule has 13 heavy (non-hydrogen) atoms. The molecule has 0 aromatic heterocycles. The zero-order chi connectivity index (χ0) is 9.84. The maximum Gasteiger partial charge on any atom is 0.0728 e. The first-order valence-corrected chi connectivity index (χ1v) is 5.52. The second-order valence-electron chi connectivity index (χ2n) is 4.47. The van der Waals surface area contributed by atoms with Crippen molar-refractivity contribution in [1.29, 1.82) is 0 Å². The van der Waals surface area contributed by atoms with Crippen LogP contribution in [0.1, 0.15) is 40.0 Å². The van der Waals surface area contributed by atoms with Crippen LogP contribution in [0.5, 0.6) is 0 Å². The zero-order valence-electron chi connectivity index (χ0n) is 9.12. The molecule has 0 aliphatic heterocycles. The van der Waals surface area contributed by atoms with Crippen molar-refractivity contribution in [2.75, 3.05) is 6.61 Å². The smallest absolute Gasteiger partial charge is 0.0728 e. The van der Waals surface area contributed by atoms with Crippen LogP contribution in [0.4, 0.5) is 0 Å². The highest BCUT2D eigenvalue weighted by molar-refractivity contribution is 4.84. The van der Waals surface area contributed by atoms with E-state index in [4.69, 9.17) is 10.5 Å². The molecule has 0 aromatic rings. The lowest BCUT2D eigenvalue weighted by Crippen LogP contribution is -2.43. The zero-order valence-corrected chi connectivity index (χ0v) is 9.12. The molecule has 2 heteroatoms. The molecule has 0 aromatic carbocycles. The molecule has 0 amide bonds. The van der Waals surface area contributed by atoms with Crippen molar-refractivity contribution < 1.29 is 4.74 Å². The summed E-state index contributed by atoms with van der Waals surface area (Å²) in [6.45, 7) is 7.43. The molecule has 1 rings (SSSR count). The standard InChI is InChI=1S/C11H23NO/c1-4-13-11-7-9(8(2)3)5-6-10(11)12/h8-11H,4-7,12H2,1-3H3. The minimum atomic E-state index is 0.273. The van der Waals surface area contributed by atoms with Gasteiger partial charge in [-0.15, -0.1) is 0 Å². The minimum Gasteiger partial charge on any atom is -0.377 e. The molecule has 1 fully saturated rings. The van der Waals surface area contributed by atoms with E-state index in [1.54, 1.807) is 0 Å². The van der Waals surface area contributed by atoms with Gasteiger partial charge in [0.25, 0.3) is 0 Å². The predicted molar refractivity (Wildman–Crippen MR) is 55.6 cm³/mol. The maximum atomic E-state index is 6.00. The average Bonchev–Trinajstić information content (AvgIpc) is 2.08. The molecular weight excluding hydrogens is 162 g/mol. The summed E-state index contributed by atoms with van der Waals surface area (Å²) in [6.07, 6.45) is 3.88. The Morgan fingerprint density at radius 3 is 2.62 bits per heavy atom. The monoisotopic (exact) mass is 185 g/mol. The first-order chi connectivity index (χ1) is 6.15. The second-order valence-corrected chi connectivity index (χ2v) is 4.47. The SMILES string of the molecule is CCOC1CC(C(C)C)CCC1N. The van der Waals surface area contributed by atoms with Gasteiger partial charge in [-0.05, 0) is 38.0 Å². The van der Waals surface area contributed by atoms with Gasteiger partial charge < -0.3 is 10.5 Å². The Balaban J connectivity index is 2.42. The topological polar surface area (TPSA) is 35.2 Å². The number of hydrogen-bond acceptors (Lipinski definition) is 2. The molecule has 1 saturated carbocycles. The fraction of sp³-hybridized carbons (Fsp3) is 1.00. The lowest BCUT2D eigenvalue weighted by molar-refractivity contribution is -0.000738. The summed E-state index contributed by atoms with van der Waals surface area (Å²) >= 11 is 0. The van der Waals surface area contributed by atoms with Crippen molar-refractivity contribution in [2.45, 2.75) is 52.2 Å². The van der Waals surface area contributed by atoms with Crippen LogP contribution in [-0.4, -0.2) is 18.8 Å². The summed E-state index contributed by atoms with van der Waals surface area (Å²) in [5.41, 5.74) is 6.00. The summed E-state index contributed by atoms with van der Waals surface area (Å²) in [7, 11) is 0. The normalized spacial score (nSPS) is 35.3. The van der Waals surface area contributed by atoms with E-state index >= 15 is 0 Å². The van der Waals surface area contributed by atoms with Crippen LogP contribution < -0.4 is 5.73 Å². The van der Waals surface area contributed by atoms with E-state index < -0.39 is 0 Å². The highest BCUT2D eigenvalue weighted by Crippen LogP contribution is 2.30. The lowest BCUT2D eigenvalue weighted by Gasteiger charge is -2.35. The van der Waals surface area contributed by atoms with Crippen molar-refractivity contribution >= 4 is 0 Å². The van der Waals surface area contributed by atoms with Gasteiger partial charge in [0, 0.05) is 12.6 Å². The predicted octanol–water partition coefficient (Wildman–Crippen LogP) is 2.17. The van der Waals surface area contributed by atoms with Gasteiger partial charge in [-0.25, -0.2) is 0 Å². The Kier molecular flexibility index (Phi) is 4.20. The van der Waals surface area contributed by atoms with Gasteiger partial charge >= 0.3 is 0 Å². The van der Waals surface area contributed by atoms with Crippen molar-refractivity contribution in [2.24, 2.45) is 17.6 Å². The van der Waals surface area contributed by atoms with Crippen LogP contribution in [0.3, 0.4) is 0 Å². The van der Waals surface area contributed by atoms with Gasteiger partial charge in [-0.1, -0.05) is 13.8 Å². The molecular formula is C11H23NO. The van der Waals surface area contributed by atoms with Gasteiger partial charge in [0.2, 0.25) is 0 Å². The molecule has 3 atom stereocenters. The van der Waals surface area contributed by atoms with E-state index in [2.05, 4.69) is 13.8 Å². The summed E-state index contributed by atoms with van der Waals surface area (Å²) in [5.74, 6) is 1.59. The molecule has 0 heterocycles. The quantitative estimate of drug-likeness (QED) is 0.731. The highest BCUT2D eigenvalue weighted by Gasteiger charge is 2.29. The highest BCUT2D eigenvalue weighted by atomic mass is 16.5. The van der Waals surface area contributed by atoms with Crippen LogP contribution in [-0.2, 0) is 4.74 Å². The van der Waals surface area contributed by atoms with Crippen LogP contribution in [0.15, 0.2) is 0 Å². The maximum absolute atomic E-state index is 6.00. The fourth-order valence-electron chi connectivity index (χ4n) is 2.19. The second kappa shape index (κ2) is 4.97. The largest absolute Gasteiger partial charge is 0.377 e. The number of hydrogen-bond donors (Lipinski definition) is 1. The summed E-state index contributed by atoms with van der Waals surface area (Å²) in [4.78, 5) is 0. The van der Waals surface area contributed by atoms with E-state index in [0.29, 0.717) is 6.10 Å². The first kappa shape index (κ1) is 11.0. The van der Waals surface area contributed by atoms with Crippen LogP contribution in [0.25, 0.3) is 0 Å². The third kappa shape index (κ3) is 2.96. The number of rotatable bonds is 3. The van der Waals surface area contributed by atoms with E-state index in [9.17, 15) is 0 Å². The number of ether oxygens (including phenoxy) is 1. The Labute approximate surface area is 81.8 Å². The summed E-state index contributed by atoms with van der Waals surface area (Å²) in [6, 6.07) is 0.273. The van der Waals surface area contributed by atoms with Crippen LogP contribution in [0, 0.1) is 11.8 Å². The van der Waals surface area contributed by atoms with Crippen LogP contribution >= 0.6 is 0 Å². The van der Waals surface area contributed by atoms with Gasteiger partial charge in [0.1, 0.15) is 0 Å². The molecule has 3 unspecified atom stereocenters. The molecule has 0 spiro atoms. The van der Waals surface area contributed by atoms with Crippen molar-refractivity contribution in [3.05, 3.63) is 0 Å². The van der Waals surface area contributed by atoms with Crippen LogP contribution in [0.2, 0.25) is 0 Å². The lowest BCUT2D eigenvalue weighted by atomic mass is 9.78. The van der Waals surface area contributed by atoms with E-state index in [0.717, 1.165) is 31.3 Å².